The summed E-state index contributed by atoms with van der Waals surface area (Å²) in [6.45, 7) is 0. The van der Waals surface area contributed by atoms with Crippen LogP contribution in [0.2, 0.25) is 0 Å². The van der Waals surface area contributed by atoms with E-state index in [1.165, 1.54) is 35.0 Å². The molecule has 28 heavy (non-hydrogen) atoms. The van der Waals surface area contributed by atoms with Crippen LogP contribution in [0.15, 0.2) is 58.3 Å². The highest BCUT2D eigenvalue weighted by atomic mass is 32.1. The van der Waals surface area contributed by atoms with Crippen molar-refractivity contribution in [3.8, 4) is 11.6 Å². The van der Waals surface area contributed by atoms with Gasteiger partial charge in [0.05, 0.1) is 17.8 Å². The highest BCUT2D eigenvalue weighted by Gasteiger charge is 2.12. The number of carboxylic acid groups (broad SMARTS) is 1. The van der Waals surface area contributed by atoms with Gasteiger partial charge in [-0.15, -0.1) is 0 Å². The second-order valence-electron chi connectivity index (χ2n) is 5.80. The number of nitrogens with zero attached hydrogens (tertiary/aromatic N) is 2. The van der Waals surface area contributed by atoms with E-state index >= 15 is 0 Å². The van der Waals surface area contributed by atoms with Crippen molar-refractivity contribution in [3.05, 3.63) is 80.6 Å². The molecule has 0 amide bonds. The lowest BCUT2D eigenvalue weighted by Gasteiger charge is -2.11. The SMILES string of the molecule is O=C(O)Cc1ccc(N=Cc2c(O)n(-c3ccc(F)cc3)c(=S)[nH]c2=O)cc1. The van der Waals surface area contributed by atoms with Crippen molar-refractivity contribution in [1.82, 2.24) is 9.55 Å². The molecular formula is C19H14FN3O4S. The van der Waals surface area contributed by atoms with Gasteiger partial charge in [-0.2, -0.15) is 0 Å². The fourth-order valence-corrected chi connectivity index (χ4v) is 2.78. The minimum Gasteiger partial charge on any atom is -0.494 e. The van der Waals surface area contributed by atoms with Crippen LogP contribution in [0.5, 0.6) is 5.88 Å². The van der Waals surface area contributed by atoms with Crippen molar-refractivity contribution in [2.75, 3.05) is 0 Å². The Balaban J connectivity index is 1.98. The predicted octanol–water partition coefficient (Wildman–Crippen LogP) is 3.12. The van der Waals surface area contributed by atoms with E-state index in [0.717, 1.165) is 0 Å². The minimum atomic E-state index is -0.943. The molecule has 0 saturated carbocycles. The van der Waals surface area contributed by atoms with Crippen LogP contribution in [0.4, 0.5) is 10.1 Å². The van der Waals surface area contributed by atoms with Crippen molar-refractivity contribution < 1.29 is 19.4 Å². The van der Waals surface area contributed by atoms with Crippen molar-refractivity contribution in [2.45, 2.75) is 6.42 Å². The molecule has 0 spiro atoms. The summed E-state index contributed by atoms with van der Waals surface area (Å²) in [7, 11) is 0. The van der Waals surface area contributed by atoms with Crippen molar-refractivity contribution in [3.63, 3.8) is 0 Å². The molecule has 3 aromatic rings. The van der Waals surface area contributed by atoms with Crippen molar-refractivity contribution >= 4 is 30.1 Å². The normalized spacial score (nSPS) is 11.0. The maximum absolute atomic E-state index is 13.1. The molecule has 0 bridgehead atoms. The third-order valence-corrected chi connectivity index (χ3v) is 4.12. The first-order valence-corrected chi connectivity index (χ1v) is 8.45. The van der Waals surface area contributed by atoms with Gasteiger partial charge in [0.25, 0.3) is 5.56 Å². The molecule has 9 heteroatoms. The summed E-state index contributed by atoms with van der Waals surface area (Å²) in [5.41, 5.74) is 0.674. The standard InChI is InChI=1S/C19H14FN3O4S/c20-12-3-7-14(8-4-12)23-18(27)15(17(26)22-19(23)28)10-21-13-5-1-11(2-6-13)9-16(24)25/h1-8,10,27H,9H2,(H,24,25)(H,22,26,28). The van der Waals surface area contributed by atoms with E-state index in [4.69, 9.17) is 17.3 Å². The van der Waals surface area contributed by atoms with Crippen LogP contribution in [0, 0.1) is 10.6 Å². The van der Waals surface area contributed by atoms with E-state index in [2.05, 4.69) is 9.98 Å². The van der Waals surface area contributed by atoms with E-state index in [-0.39, 0.29) is 16.8 Å². The quantitative estimate of drug-likeness (QED) is 0.451. The molecule has 0 fully saturated rings. The molecule has 3 rings (SSSR count). The number of aromatic nitrogens is 2. The highest BCUT2D eigenvalue weighted by Crippen LogP contribution is 2.20. The number of carbonyl (C=O) groups is 1. The zero-order valence-electron chi connectivity index (χ0n) is 14.3. The van der Waals surface area contributed by atoms with Crippen molar-refractivity contribution in [1.29, 1.82) is 0 Å². The number of aromatic hydroxyl groups is 1. The Morgan fingerprint density at radius 3 is 2.43 bits per heavy atom. The van der Waals surface area contributed by atoms with Crippen LogP contribution in [0.25, 0.3) is 5.69 Å². The number of rotatable bonds is 5. The number of aliphatic carboxylic acids is 1. The van der Waals surface area contributed by atoms with E-state index in [9.17, 15) is 19.1 Å². The van der Waals surface area contributed by atoms with Crippen molar-refractivity contribution in [2.24, 2.45) is 4.99 Å². The smallest absolute Gasteiger partial charge is 0.307 e. The van der Waals surface area contributed by atoms with Gasteiger partial charge in [0.2, 0.25) is 5.88 Å². The number of aromatic amines is 1. The number of hydrogen-bond acceptors (Lipinski definition) is 5. The van der Waals surface area contributed by atoms with E-state index in [1.54, 1.807) is 24.3 Å². The molecule has 142 valence electrons. The molecule has 1 aromatic heterocycles. The van der Waals surface area contributed by atoms with Crippen LogP contribution in [0.1, 0.15) is 11.1 Å². The Bertz CT molecular complexity index is 1170. The molecular weight excluding hydrogens is 385 g/mol. The second kappa shape index (κ2) is 7.97. The Morgan fingerprint density at radius 1 is 1.18 bits per heavy atom. The van der Waals surface area contributed by atoms with Gasteiger partial charge in [0, 0.05) is 6.21 Å². The topological polar surface area (TPSA) is 108 Å². The fraction of sp³-hybridized carbons (Fsp3) is 0.0526. The number of carboxylic acids is 1. The average molecular weight is 399 g/mol. The van der Waals surface area contributed by atoms with Crippen LogP contribution in [-0.2, 0) is 11.2 Å². The van der Waals surface area contributed by atoms with Crippen LogP contribution < -0.4 is 5.56 Å². The fourth-order valence-electron chi connectivity index (χ4n) is 2.50. The molecule has 7 nitrogen and oxygen atoms in total. The van der Waals surface area contributed by atoms with Crippen LogP contribution in [0.3, 0.4) is 0 Å². The van der Waals surface area contributed by atoms with Crippen LogP contribution in [-0.4, -0.2) is 31.9 Å². The summed E-state index contributed by atoms with van der Waals surface area (Å²) >= 11 is 5.09. The van der Waals surface area contributed by atoms with E-state index in [1.807, 2.05) is 0 Å². The lowest BCUT2D eigenvalue weighted by Crippen LogP contribution is -2.18. The van der Waals surface area contributed by atoms with Gasteiger partial charge in [-0.05, 0) is 54.2 Å². The molecule has 3 N–H and O–H groups in total. The zero-order valence-corrected chi connectivity index (χ0v) is 15.1. The van der Waals surface area contributed by atoms with Gasteiger partial charge in [-0.25, -0.2) is 4.39 Å². The molecule has 0 aliphatic rings. The van der Waals surface area contributed by atoms with Crippen LogP contribution >= 0.6 is 12.2 Å². The van der Waals surface area contributed by atoms with Gasteiger partial charge in [0.1, 0.15) is 11.4 Å². The Morgan fingerprint density at radius 2 is 1.82 bits per heavy atom. The lowest BCUT2D eigenvalue weighted by atomic mass is 10.1. The lowest BCUT2D eigenvalue weighted by molar-refractivity contribution is -0.136. The minimum absolute atomic E-state index is 0.0516. The Labute approximate surface area is 163 Å². The summed E-state index contributed by atoms with van der Waals surface area (Å²) in [5.74, 6) is -1.83. The molecule has 0 aliphatic heterocycles. The second-order valence-corrected chi connectivity index (χ2v) is 6.19. The number of halogens is 1. The maximum atomic E-state index is 13.1. The largest absolute Gasteiger partial charge is 0.494 e. The highest BCUT2D eigenvalue weighted by molar-refractivity contribution is 7.71. The van der Waals surface area contributed by atoms with E-state index in [0.29, 0.717) is 16.9 Å². The number of H-pyrrole nitrogens is 1. The Kier molecular flexibility index (Phi) is 5.46. The molecule has 0 saturated heterocycles. The summed E-state index contributed by atoms with van der Waals surface area (Å²) < 4.78 is 14.3. The first-order valence-electron chi connectivity index (χ1n) is 8.04. The van der Waals surface area contributed by atoms with Gasteiger partial charge in [-0.3, -0.25) is 24.1 Å². The first-order chi connectivity index (χ1) is 13.3. The summed E-state index contributed by atoms with van der Waals surface area (Å²) in [6.07, 6.45) is 1.07. The zero-order chi connectivity index (χ0) is 20.3. The van der Waals surface area contributed by atoms with E-state index < -0.39 is 23.2 Å². The number of hydrogen-bond donors (Lipinski definition) is 3. The summed E-state index contributed by atoms with van der Waals surface area (Å²) in [4.78, 5) is 29.5. The van der Waals surface area contributed by atoms with Gasteiger partial charge in [0.15, 0.2) is 4.77 Å². The molecule has 1 heterocycles. The molecule has 0 atom stereocenters. The maximum Gasteiger partial charge on any atom is 0.307 e. The van der Waals surface area contributed by atoms with Gasteiger partial charge >= 0.3 is 5.97 Å². The number of aliphatic imine (C=N–C) groups is 1. The third-order valence-electron chi connectivity index (χ3n) is 3.84. The summed E-state index contributed by atoms with van der Waals surface area (Å²) in [6, 6.07) is 11.6. The molecule has 2 aromatic carbocycles. The third kappa shape index (κ3) is 4.21. The monoisotopic (exact) mass is 399 g/mol. The molecule has 0 aliphatic carbocycles. The predicted molar refractivity (Wildman–Crippen MR) is 104 cm³/mol. The first kappa shape index (κ1) is 19.2. The molecule has 0 radical (unpaired) electrons. The summed E-state index contributed by atoms with van der Waals surface area (Å²) in [5, 5.41) is 19.3. The number of nitrogens with one attached hydrogen (secondary N) is 1. The average Bonchev–Trinajstić information content (AvgIpc) is 2.63. The number of benzene rings is 2. The Hall–Kier alpha value is -3.59. The van der Waals surface area contributed by atoms with Gasteiger partial charge in [-0.1, -0.05) is 12.1 Å². The molecule has 0 unspecified atom stereocenters. The van der Waals surface area contributed by atoms with Gasteiger partial charge < -0.3 is 10.2 Å².